The van der Waals surface area contributed by atoms with Crippen molar-refractivity contribution in [3.05, 3.63) is 23.3 Å². The second kappa shape index (κ2) is 5.58. The first-order chi connectivity index (χ1) is 7.26. The van der Waals surface area contributed by atoms with Gasteiger partial charge >= 0.3 is 0 Å². The van der Waals surface area contributed by atoms with Crippen molar-refractivity contribution in [3.63, 3.8) is 0 Å². The summed E-state index contributed by atoms with van der Waals surface area (Å²) >= 11 is 0. The van der Waals surface area contributed by atoms with Crippen LogP contribution >= 0.6 is 0 Å². The first kappa shape index (κ1) is 11.8. The van der Waals surface area contributed by atoms with Crippen molar-refractivity contribution < 1.29 is 14.2 Å². The van der Waals surface area contributed by atoms with Crippen LogP contribution in [0.2, 0.25) is 0 Å². The lowest BCUT2D eigenvalue weighted by molar-refractivity contribution is 0.178. The molecule has 0 bridgehead atoms. The predicted octanol–water partition coefficient (Wildman–Crippen LogP) is 1.31. The Morgan fingerprint density at radius 1 is 1.07 bits per heavy atom. The Balaban J connectivity index is 3.19. The largest absolute Gasteiger partial charge is 0.496 e. The predicted molar refractivity (Wildman–Crippen MR) is 58.2 cm³/mol. The van der Waals surface area contributed by atoms with E-state index in [9.17, 15) is 0 Å². The maximum atomic E-state index is 5.58. The quantitative estimate of drug-likeness (QED) is 0.797. The molecule has 0 saturated heterocycles. The minimum atomic E-state index is 0.456. The van der Waals surface area contributed by atoms with Crippen LogP contribution in [0, 0.1) is 0 Å². The van der Waals surface area contributed by atoms with Gasteiger partial charge in [0.2, 0.25) is 0 Å². The van der Waals surface area contributed by atoms with Crippen LogP contribution in [-0.4, -0.2) is 21.3 Å². The fourth-order valence-electron chi connectivity index (χ4n) is 1.44. The minimum Gasteiger partial charge on any atom is -0.496 e. The number of nitrogens with two attached hydrogens (primary N) is 1. The van der Waals surface area contributed by atoms with E-state index < -0.39 is 0 Å². The average Bonchev–Trinajstić information content (AvgIpc) is 2.29. The highest BCUT2D eigenvalue weighted by Gasteiger charge is 2.11. The van der Waals surface area contributed by atoms with Crippen molar-refractivity contribution in [1.29, 1.82) is 0 Å². The average molecular weight is 211 g/mol. The lowest BCUT2D eigenvalue weighted by atomic mass is 10.1. The van der Waals surface area contributed by atoms with Gasteiger partial charge in [-0.25, -0.2) is 0 Å². The van der Waals surface area contributed by atoms with E-state index in [1.807, 2.05) is 12.1 Å². The van der Waals surface area contributed by atoms with Gasteiger partial charge in [-0.05, 0) is 17.7 Å². The highest BCUT2D eigenvalue weighted by molar-refractivity contribution is 5.47. The number of benzene rings is 1. The van der Waals surface area contributed by atoms with Gasteiger partial charge in [-0.2, -0.15) is 0 Å². The second-order valence-electron chi connectivity index (χ2n) is 3.12. The van der Waals surface area contributed by atoms with Crippen LogP contribution in [-0.2, 0) is 17.9 Å². The van der Waals surface area contributed by atoms with Gasteiger partial charge in [0.1, 0.15) is 11.5 Å². The van der Waals surface area contributed by atoms with Gasteiger partial charge in [0, 0.05) is 13.7 Å². The molecule has 0 aliphatic carbocycles. The van der Waals surface area contributed by atoms with Crippen LogP contribution in [0.5, 0.6) is 11.5 Å². The molecule has 0 saturated carbocycles. The second-order valence-corrected chi connectivity index (χ2v) is 3.12. The third kappa shape index (κ3) is 2.61. The Kier molecular flexibility index (Phi) is 4.39. The molecule has 0 amide bonds. The maximum Gasteiger partial charge on any atom is 0.128 e. The summed E-state index contributed by atoms with van der Waals surface area (Å²) in [5.41, 5.74) is 7.46. The zero-order chi connectivity index (χ0) is 11.3. The van der Waals surface area contributed by atoms with Gasteiger partial charge in [0.25, 0.3) is 0 Å². The number of ether oxygens (including phenoxy) is 3. The van der Waals surface area contributed by atoms with E-state index in [0.717, 1.165) is 22.6 Å². The Morgan fingerprint density at radius 2 is 1.60 bits per heavy atom. The Labute approximate surface area is 89.9 Å². The SMILES string of the molecule is COCc1c(OC)cc(CN)cc1OC. The van der Waals surface area contributed by atoms with Gasteiger partial charge in [-0.3, -0.25) is 0 Å². The molecule has 0 aliphatic rings. The van der Waals surface area contributed by atoms with E-state index in [2.05, 4.69) is 0 Å². The molecule has 1 aromatic carbocycles. The normalized spacial score (nSPS) is 10.1. The molecule has 1 rings (SSSR count). The summed E-state index contributed by atoms with van der Waals surface area (Å²) in [5, 5.41) is 0. The van der Waals surface area contributed by atoms with E-state index in [0.29, 0.717) is 13.2 Å². The van der Waals surface area contributed by atoms with Crippen LogP contribution in [0.4, 0.5) is 0 Å². The summed E-state index contributed by atoms with van der Waals surface area (Å²) in [6.07, 6.45) is 0. The number of hydrogen-bond acceptors (Lipinski definition) is 4. The van der Waals surface area contributed by atoms with Crippen LogP contribution in [0.3, 0.4) is 0 Å². The summed E-state index contributed by atoms with van der Waals surface area (Å²) in [6.45, 7) is 0.914. The number of rotatable bonds is 5. The van der Waals surface area contributed by atoms with Crippen LogP contribution in [0.25, 0.3) is 0 Å². The molecule has 0 unspecified atom stereocenters. The van der Waals surface area contributed by atoms with Crippen molar-refractivity contribution in [2.24, 2.45) is 5.73 Å². The van der Waals surface area contributed by atoms with E-state index >= 15 is 0 Å². The van der Waals surface area contributed by atoms with Gasteiger partial charge in [-0.1, -0.05) is 0 Å². The third-order valence-electron chi connectivity index (χ3n) is 2.19. The van der Waals surface area contributed by atoms with Gasteiger partial charge < -0.3 is 19.9 Å². The van der Waals surface area contributed by atoms with Crippen LogP contribution in [0.1, 0.15) is 11.1 Å². The van der Waals surface area contributed by atoms with Gasteiger partial charge in [0.15, 0.2) is 0 Å². The molecule has 15 heavy (non-hydrogen) atoms. The topological polar surface area (TPSA) is 53.7 Å². The first-order valence-corrected chi connectivity index (χ1v) is 4.69. The molecule has 0 aromatic heterocycles. The number of hydrogen-bond donors (Lipinski definition) is 1. The molecular weight excluding hydrogens is 194 g/mol. The molecule has 0 spiro atoms. The molecule has 1 aromatic rings. The Hall–Kier alpha value is -1.26. The lowest BCUT2D eigenvalue weighted by Gasteiger charge is -2.14. The van der Waals surface area contributed by atoms with Crippen LogP contribution < -0.4 is 15.2 Å². The van der Waals surface area contributed by atoms with Crippen molar-refractivity contribution in [2.75, 3.05) is 21.3 Å². The molecule has 2 N–H and O–H groups in total. The highest BCUT2D eigenvalue weighted by atomic mass is 16.5. The van der Waals surface area contributed by atoms with Crippen molar-refractivity contribution in [3.8, 4) is 11.5 Å². The highest BCUT2D eigenvalue weighted by Crippen LogP contribution is 2.30. The monoisotopic (exact) mass is 211 g/mol. The lowest BCUT2D eigenvalue weighted by Crippen LogP contribution is -2.03. The standard InChI is InChI=1S/C11H17NO3/c1-13-7-9-10(14-2)4-8(6-12)5-11(9)15-3/h4-5H,6-7,12H2,1-3H3. The molecule has 0 fully saturated rings. The van der Waals surface area contributed by atoms with E-state index in [1.165, 1.54) is 0 Å². The third-order valence-corrected chi connectivity index (χ3v) is 2.19. The molecule has 4 nitrogen and oxygen atoms in total. The summed E-state index contributed by atoms with van der Waals surface area (Å²) in [6, 6.07) is 3.80. The zero-order valence-electron chi connectivity index (χ0n) is 9.37. The molecule has 84 valence electrons. The summed E-state index contributed by atoms with van der Waals surface area (Å²) in [5.74, 6) is 1.49. The maximum absolute atomic E-state index is 5.58. The Morgan fingerprint density at radius 3 is 1.93 bits per heavy atom. The molecule has 4 heteroatoms. The summed E-state index contributed by atoms with van der Waals surface area (Å²) in [4.78, 5) is 0. The van der Waals surface area contributed by atoms with Gasteiger partial charge in [0.05, 0.1) is 26.4 Å². The molecule has 0 heterocycles. The van der Waals surface area contributed by atoms with E-state index in [1.54, 1.807) is 21.3 Å². The van der Waals surface area contributed by atoms with Crippen molar-refractivity contribution in [1.82, 2.24) is 0 Å². The van der Waals surface area contributed by atoms with Gasteiger partial charge in [-0.15, -0.1) is 0 Å². The fraction of sp³-hybridized carbons (Fsp3) is 0.455. The molecule has 0 radical (unpaired) electrons. The summed E-state index contributed by atoms with van der Waals surface area (Å²) < 4.78 is 15.6. The smallest absolute Gasteiger partial charge is 0.128 e. The van der Waals surface area contributed by atoms with Crippen molar-refractivity contribution >= 4 is 0 Å². The fourth-order valence-corrected chi connectivity index (χ4v) is 1.44. The van der Waals surface area contributed by atoms with E-state index in [4.69, 9.17) is 19.9 Å². The summed E-state index contributed by atoms with van der Waals surface area (Å²) in [7, 11) is 4.87. The minimum absolute atomic E-state index is 0.456. The first-order valence-electron chi connectivity index (χ1n) is 4.69. The molecule has 0 aliphatic heterocycles. The Bertz CT molecular complexity index is 301. The zero-order valence-corrected chi connectivity index (χ0v) is 9.37. The van der Waals surface area contributed by atoms with Crippen LogP contribution in [0.15, 0.2) is 12.1 Å². The molecular formula is C11H17NO3. The molecule has 0 atom stereocenters. The van der Waals surface area contributed by atoms with Crippen molar-refractivity contribution in [2.45, 2.75) is 13.2 Å². The number of methoxy groups -OCH3 is 3. The van der Waals surface area contributed by atoms with E-state index in [-0.39, 0.29) is 0 Å².